The van der Waals surface area contributed by atoms with Gasteiger partial charge < -0.3 is 10.2 Å². The van der Waals surface area contributed by atoms with Crippen LogP contribution in [0.25, 0.3) is 11.3 Å². The van der Waals surface area contributed by atoms with Gasteiger partial charge in [0.2, 0.25) is 0 Å². The molecule has 1 unspecified atom stereocenters. The summed E-state index contributed by atoms with van der Waals surface area (Å²) >= 11 is 0. The summed E-state index contributed by atoms with van der Waals surface area (Å²) in [4.78, 5) is 0. The van der Waals surface area contributed by atoms with Gasteiger partial charge in [-0.25, -0.2) is 0 Å². The van der Waals surface area contributed by atoms with E-state index in [9.17, 15) is 0 Å². The van der Waals surface area contributed by atoms with Crippen LogP contribution in [0, 0.1) is 13.8 Å². The standard InChI is InChI=1S/C15H19NO/c1-4-13(16)15-8-7-14(17-15)12-9-10(2)5-6-11(12)3/h5-9,13H,4,16H2,1-3H3. The predicted octanol–water partition coefficient (Wildman–Crippen LogP) is 3.97. The number of rotatable bonds is 3. The fourth-order valence-corrected chi connectivity index (χ4v) is 1.90. The number of nitrogens with two attached hydrogens (primary N) is 1. The normalized spacial score (nSPS) is 12.7. The summed E-state index contributed by atoms with van der Waals surface area (Å²) in [5, 5.41) is 0. The number of hydrogen-bond acceptors (Lipinski definition) is 2. The van der Waals surface area contributed by atoms with Crippen LogP contribution in [0.15, 0.2) is 34.7 Å². The molecule has 0 saturated heterocycles. The van der Waals surface area contributed by atoms with Gasteiger partial charge in [0.1, 0.15) is 11.5 Å². The molecular formula is C15H19NO. The van der Waals surface area contributed by atoms with Crippen molar-refractivity contribution in [3.8, 4) is 11.3 Å². The van der Waals surface area contributed by atoms with Crippen LogP contribution in [-0.4, -0.2) is 0 Å². The van der Waals surface area contributed by atoms with E-state index in [1.807, 2.05) is 12.1 Å². The van der Waals surface area contributed by atoms with E-state index in [2.05, 4.69) is 39.0 Å². The Kier molecular flexibility index (Phi) is 3.34. The van der Waals surface area contributed by atoms with Crippen LogP contribution >= 0.6 is 0 Å². The summed E-state index contributed by atoms with van der Waals surface area (Å²) in [6.45, 7) is 6.24. The van der Waals surface area contributed by atoms with Gasteiger partial charge >= 0.3 is 0 Å². The van der Waals surface area contributed by atoms with E-state index < -0.39 is 0 Å². The van der Waals surface area contributed by atoms with Crippen molar-refractivity contribution in [2.45, 2.75) is 33.2 Å². The highest BCUT2D eigenvalue weighted by Crippen LogP contribution is 2.28. The summed E-state index contributed by atoms with van der Waals surface area (Å²) in [6.07, 6.45) is 0.889. The van der Waals surface area contributed by atoms with E-state index in [4.69, 9.17) is 10.2 Å². The van der Waals surface area contributed by atoms with Crippen LogP contribution in [0.4, 0.5) is 0 Å². The third-order valence-electron chi connectivity index (χ3n) is 3.09. The molecule has 0 aliphatic rings. The maximum Gasteiger partial charge on any atom is 0.134 e. The van der Waals surface area contributed by atoms with Crippen LogP contribution in [0.1, 0.15) is 36.3 Å². The van der Waals surface area contributed by atoms with Crippen molar-refractivity contribution in [2.24, 2.45) is 5.73 Å². The Bertz CT molecular complexity index is 513. The zero-order chi connectivity index (χ0) is 12.4. The van der Waals surface area contributed by atoms with Gasteiger partial charge in [0, 0.05) is 5.56 Å². The second-order valence-electron chi connectivity index (χ2n) is 4.54. The first-order valence-corrected chi connectivity index (χ1v) is 6.04. The number of aryl methyl sites for hydroxylation is 2. The summed E-state index contributed by atoms with van der Waals surface area (Å²) < 4.78 is 5.83. The smallest absolute Gasteiger partial charge is 0.134 e. The number of furan rings is 1. The Morgan fingerprint density at radius 1 is 1.18 bits per heavy atom. The van der Waals surface area contributed by atoms with Crippen LogP contribution in [0.3, 0.4) is 0 Å². The van der Waals surface area contributed by atoms with Crippen LogP contribution in [0.5, 0.6) is 0 Å². The second-order valence-corrected chi connectivity index (χ2v) is 4.54. The minimum Gasteiger partial charge on any atom is -0.459 e. The van der Waals surface area contributed by atoms with Gasteiger partial charge in [-0.05, 0) is 44.0 Å². The Morgan fingerprint density at radius 3 is 2.65 bits per heavy atom. The Hall–Kier alpha value is -1.54. The lowest BCUT2D eigenvalue weighted by Crippen LogP contribution is -2.06. The van der Waals surface area contributed by atoms with Gasteiger partial charge in [-0.15, -0.1) is 0 Å². The highest BCUT2D eigenvalue weighted by Gasteiger charge is 2.11. The van der Waals surface area contributed by atoms with Crippen molar-refractivity contribution in [3.05, 3.63) is 47.2 Å². The largest absolute Gasteiger partial charge is 0.459 e. The van der Waals surface area contributed by atoms with Crippen LogP contribution in [0.2, 0.25) is 0 Å². The highest BCUT2D eigenvalue weighted by molar-refractivity contribution is 5.63. The molecule has 2 N–H and O–H groups in total. The van der Waals surface area contributed by atoms with Gasteiger partial charge in [0.15, 0.2) is 0 Å². The van der Waals surface area contributed by atoms with E-state index in [0.717, 1.165) is 23.5 Å². The lowest BCUT2D eigenvalue weighted by atomic mass is 10.0. The first-order valence-electron chi connectivity index (χ1n) is 6.04. The van der Waals surface area contributed by atoms with E-state index in [0.29, 0.717) is 0 Å². The first kappa shape index (κ1) is 11.9. The Morgan fingerprint density at radius 2 is 1.94 bits per heavy atom. The molecule has 0 amide bonds. The van der Waals surface area contributed by atoms with Gasteiger partial charge in [0.05, 0.1) is 6.04 Å². The molecule has 2 rings (SSSR count). The molecule has 2 nitrogen and oxygen atoms in total. The third-order valence-corrected chi connectivity index (χ3v) is 3.09. The molecular weight excluding hydrogens is 210 g/mol. The van der Waals surface area contributed by atoms with Crippen LogP contribution in [-0.2, 0) is 0 Å². The monoisotopic (exact) mass is 229 g/mol. The quantitative estimate of drug-likeness (QED) is 0.864. The van der Waals surface area contributed by atoms with Crippen molar-refractivity contribution in [3.63, 3.8) is 0 Å². The summed E-state index contributed by atoms with van der Waals surface area (Å²) in [6, 6.07) is 10.4. The predicted molar refractivity (Wildman–Crippen MR) is 70.8 cm³/mol. The SMILES string of the molecule is CCC(N)c1ccc(-c2cc(C)ccc2C)o1. The average Bonchev–Trinajstić information content (AvgIpc) is 2.80. The Labute approximate surface area is 102 Å². The summed E-state index contributed by atoms with van der Waals surface area (Å²) in [7, 11) is 0. The fraction of sp³-hybridized carbons (Fsp3) is 0.333. The molecule has 1 aromatic heterocycles. The summed E-state index contributed by atoms with van der Waals surface area (Å²) in [5.41, 5.74) is 9.58. The van der Waals surface area contributed by atoms with E-state index in [1.165, 1.54) is 11.1 Å². The van der Waals surface area contributed by atoms with Crippen molar-refractivity contribution >= 4 is 0 Å². The molecule has 90 valence electrons. The molecule has 0 aliphatic carbocycles. The maximum absolute atomic E-state index is 5.96. The maximum atomic E-state index is 5.96. The minimum absolute atomic E-state index is 0.00568. The molecule has 0 fully saturated rings. The topological polar surface area (TPSA) is 39.2 Å². The van der Waals surface area contributed by atoms with Crippen LogP contribution < -0.4 is 5.73 Å². The fourth-order valence-electron chi connectivity index (χ4n) is 1.90. The molecule has 0 saturated carbocycles. The van der Waals surface area contributed by atoms with Crippen molar-refractivity contribution in [1.82, 2.24) is 0 Å². The third kappa shape index (κ3) is 2.42. The molecule has 0 spiro atoms. The lowest BCUT2D eigenvalue weighted by Gasteiger charge is -2.06. The first-order chi connectivity index (χ1) is 8.11. The summed E-state index contributed by atoms with van der Waals surface area (Å²) in [5.74, 6) is 1.77. The molecule has 17 heavy (non-hydrogen) atoms. The lowest BCUT2D eigenvalue weighted by molar-refractivity contribution is 0.470. The zero-order valence-corrected chi connectivity index (χ0v) is 10.7. The van der Waals surface area contributed by atoms with Gasteiger partial charge in [0.25, 0.3) is 0 Å². The van der Waals surface area contributed by atoms with Gasteiger partial charge in [-0.3, -0.25) is 0 Å². The molecule has 0 radical (unpaired) electrons. The minimum atomic E-state index is -0.00568. The molecule has 2 heteroatoms. The van der Waals surface area contributed by atoms with Crippen molar-refractivity contribution in [2.75, 3.05) is 0 Å². The van der Waals surface area contributed by atoms with E-state index in [-0.39, 0.29) is 6.04 Å². The number of hydrogen-bond donors (Lipinski definition) is 1. The van der Waals surface area contributed by atoms with E-state index in [1.54, 1.807) is 0 Å². The molecule has 1 heterocycles. The van der Waals surface area contributed by atoms with Gasteiger partial charge in [-0.1, -0.05) is 24.6 Å². The molecule has 0 bridgehead atoms. The Balaban J connectivity index is 2.40. The van der Waals surface area contributed by atoms with Crippen molar-refractivity contribution < 1.29 is 4.42 Å². The highest BCUT2D eigenvalue weighted by atomic mass is 16.3. The molecule has 1 aromatic carbocycles. The molecule has 1 atom stereocenters. The molecule has 2 aromatic rings. The van der Waals surface area contributed by atoms with Gasteiger partial charge in [-0.2, -0.15) is 0 Å². The molecule has 0 aliphatic heterocycles. The zero-order valence-electron chi connectivity index (χ0n) is 10.7. The number of benzene rings is 1. The van der Waals surface area contributed by atoms with E-state index >= 15 is 0 Å². The second kappa shape index (κ2) is 4.76. The average molecular weight is 229 g/mol. The van der Waals surface area contributed by atoms with Crippen molar-refractivity contribution in [1.29, 1.82) is 0 Å².